The molecule has 4 rings (SSSR count). The van der Waals surface area contributed by atoms with Gasteiger partial charge < -0.3 is 16.0 Å². The number of carbonyl (C=O) groups is 1. The molecular weight excluding hydrogens is 372 g/mol. The number of hydrogen-bond acceptors (Lipinski definition) is 3. The number of benzene rings is 2. The average Bonchev–Trinajstić information content (AvgIpc) is 3.24. The molecule has 148 valence electrons. The van der Waals surface area contributed by atoms with Crippen molar-refractivity contribution in [3.05, 3.63) is 102 Å². The number of hydrogen-bond donors (Lipinski definition) is 3. The van der Waals surface area contributed by atoms with Gasteiger partial charge in [-0.2, -0.15) is 0 Å². The predicted octanol–water partition coefficient (Wildman–Crippen LogP) is 5.28. The Kier molecular flexibility index (Phi) is 5.18. The second kappa shape index (κ2) is 8.09. The molecule has 2 aromatic carbocycles. The summed E-state index contributed by atoms with van der Waals surface area (Å²) in [6, 6.07) is 15.7. The van der Waals surface area contributed by atoms with Crippen LogP contribution in [0, 0.1) is 6.92 Å². The minimum atomic E-state index is -0.446. The molecule has 0 aliphatic heterocycles. The Labute approximate surface area is 175 Å². The first-order chi connectivity index (χ1) is 14.5. The number of primary amides is 1. The molecule has 4 N–H and O–H groups in total. The third-order valence-electron chi connectivity index (χ3n) is 5.07. The lowest BCUT2D eigenvalue weighted by molar-refractivity contribution is 0.100. The molecule has 1 amide bonds. The number of nitrogens with two attached hydrogens (primary N) is 1. The van der Waals surface area contributed by atoms with E-state index in [0.717, 1.165) is 44.5 Å². The second-order valence-corrected chi connectivity index (χ2v) is 7.04. The summed E-state index contributed by atoms with van der Waals surface area (Å²) in [5, 5.41) is 4.34. The highest BCUT2D eigenvalue weighted by Crippen LogP contribution is 2.35. The van der Waals surface area contributed by atoms with Crippen LogP contribution in [0.1, 0.15) is 21.5 Å². The van der Waals surface area contributed by atoms with Crippen LogP contribution in [0.4, 0.5) is 5.69 Å². The molecule has 5 nitrogen and oxygen atoms in total. The molecule has 2 aromatic heterocycles. The Morgan fingerprint density at radius 1 is 1.13 bits per heavy atom. The zero-order valence-electron chi connectivity index (χ0n) is 16.6. The highest BCUT2D eigenvalue weighted by Gasteiger charge is 2.14. The smallest absolute Gasteiger partial charge is 0.250 e. The SMILES string of the molecule is C=C(/C=C/c1cccnc1)Nc1cccc(-c2ccc(C(N)=O)c3[nH]ccc23)c1C. The lowest BCUT2D eigenvalue weighted by atomic mass is 9.94. The van der Waals surface area contributed by atoms with Gasteiger partial charge in [-0.15, -0.1) is 0 Å². The van der Waals surface area contributed by atoms with E-state index in [1.807, 2.05) is 54.7 Å². The molecule has 4 aromatic rings. The topological polar surface area (TPSA) is 83.8 Å². The van der Waals surface area contributed by atoms with Crippen LogP contribution in [0.3, 0.4) is 0 Å². The van der Waals surface area contributed by atoms with Gasteiger partial charge in [-0.3, -0.25) is 9.78 Å². The summed E-state index contributed by atoms with van der Waals surface area (Å²) < 4.78 is 0. The molecule has 0 fully saturated rings. The molecule has 0 unspecified atom stereocenters. The standard InChI is InChI=1S/C25H22N4O/c1-16(8-9-18-5-4-13-27-15-18)29-23-7-3-6-19(17(23)2)20-10-11-22(25(26)30)24-21(20)12-14-28-24/h3-15,28-29H,1H2,2H3,(H2,26,30)/b9-8+. The lowest BCUT2D eigenvalue weighted by Gasteiger charge is -2.15. The molecule has 2 heterocycles. The van der Waals surface area contributed by atoms with Crippen LogP contribution in [-0.4, -0.2) is 15.9 Å². The maximum atomic E-state index is 11.7. The maximum absolute atomic E-state index is 11.7. The fraction of sp³-hybridized carbons (Fsp3) is 0.0400. The van der Waals surface area contributed by atoms with Crippen molar-refractivity contribution in [2.75, 3.05) is 5.32 Å². The van der Waals surface area contributed by atoms with Gasteiger partial charge >= 0.3 is 0 Å². The molecule has 30 heavy (non-hydrogen) atoms. The number of carbonyl (C=O) groups excluding carboxylic acids is 1. The number of aromatic amines is 1. The van der Waals surface area contributed by atoms with E-state index in [0.29, 0.717) is 5.56 Å². The van der Waals surface area contributed by atoms with Gasteiger partial charge in [-0.05, 0) is 59.5 Å². The second-order valence-electron chi connectivity index (χ2n) is 7.04. The van der Waals surface area contributed by atoms with Crippen molar-refractivity contribution >= 4 is 28.6 Å². The van der Waals surface area contributed by atoms with Crippen molar-refractivity contribution in [1.82, 2.24) is 9.97 Å². The van der Waals surface area contributed by atoms with Crippen molar-refractivity contribution in [2.45, 2.75) is 6.92 Å². The molecule has 0 bridgehead atoms. The Balaban J connectivity index is 1.66. The van der Waals surface area contributed by atoms with Gasteiger partial charge in [0.15, 0.2) is 0 Å². The Hall–Kier alpha value is -4.12. The van der Waals surface area contributed by atoms with Crippen LogP contribution < -0.4 is 11.1 Å². The zero-order chi connectivity index (χ0) is 21.1. The number of nitrogens with one attached hydrogen (secondary N) is 2. The van der Waals surface area contributed by atoms with Gasteiger partial charge in [0.2, 0.25) is 0 Å². The number of anilines is 1. The predicted molar refractivity (Wildman–Crippen MR) is 123 cm³/mol. The number of allylic oxidation sites excluding steroid dienone is 1. The monoisotopic (exact) mass is 394 g/mol. The van der Waals surface area contributed by atoms with Crippen molar-refractivity contribution in [2.24, 2.45) is 5.73 Å². The molecule has 0 atom stereocenters. The summed E-state index contributed by atoms with van der Waals surface area (Å²) in [6.45, 7) is 6.17. The van der Waals surface area contributed by atoms with E-state index in [2.05, 4.69) is 34.9 Å². The number of rotatable bonds is 6. The molecule has 5 heteroatoms. The van der Waals surface area contributed by atoms with E-state index < -0.39 is 5.91 Å². The number of fused-ring (bicyclic) bond motifs is 1. The molecule has 0 aliphatic carbocycles. The third kappa shape index (κ3) is 3.73. The highest BCUT2D eigenvalue weighted by molar-refractivity contribution is 6.09. The summed E-state index contributed by atoms with van der Waals surface area (Å²) in [5.41, 5.74) is 12.7. The minimum absolute atomic E-state index is 0.446. The maximum Gasteiger partial charge on any atom is 0.250 e. The molecule has 0 spiro atoms. The fourth-order valence-corrected chi connectivity index (χ4v) is 3.55. The van der Waals surface area contributed by atoms with Crippen LogP contribution in [0.5, 0.6) is 0 Å². The van der Waals surface area contributed by atoms with Gasteiger partial charge in [0.25, 0.3) is 5.91 Å². The summed E-state index contributed by atoms with van der Waals surface area (Å²) in [4.78, 5) is 19.0. The number of H-pyrrole nitrogens is 1. The molecule has 0 saturated heterocycles. The molecule has 0 aliphatic rings. The van der Waals surface area contributed by atoms with Gasteiger partial charge in [-0.25, -0.2) is 0 Å². The number of nitrogens with zero attached hydrogens (tertiary/aromatic N) is 1. The lowest BCUT2D eigenvalue weighted by Crippen LogP contribution is -2.11. The Morgan fingerprint density at radius 3 is 2.77 bits per heavy atom. The average molecular weight is 394 g/mol. The van der Waals surface area contributed by atoms with E-state index in [9.17, 15) is 4.79 Å². The molecule has 0 saturated carbocycles. The summed E-state index contributed by atoms with van der Waals surface area (Å²) in [5.74, 6) is -0.446. The quantitative estimate of drug-likeness (QED) is 0.389. The van der Waals surface area contributed by atoms with E-state index in [-0.39, 0.29) is 0 Å². The van der Waals surface area contributed by atoms with Gasteiger partial charge in [0.05, 0.1) is 11.1 Å². The zero-order valence-corrected chi connectivity index (χ0v) is 16.6. The van der Waals surface area contributed by atoms with Crippen molar-refractivity contribution in [1.29, 1.82) is 0 Å². The first-order valence-corrected chi connectivity index (χ1v) is 9.58. The van der Waals surface area contributed by atoms with Crippen molar-refractivity contribution in [3.8, 4) is 11.1 Å². The van der Waals surface area contributed by atoms with E-state index in [4.69, 9.17) is 5.73 Å². The highest BCUT2D eigenvalue weighted by atomic mass is 16.1. The summed E-state index contributed by atoms with van der Waals surface area (Å²) in [6.07, 6.45) is 9.26. The van der Waals surface area contributed by atoms with Gasteiger partial charge in [0, 0.05) is 35.4 Å². The largest absolute Gasteiger partial charge is 0.366 e. The van der Waals surface area contributed by atoms with Gasteiger partial charge in [0.1, 0.15) is 0 Å². The fourth-order valence-electron chi connectivity index (χ4n) is 3.55. The van der Waals surface area contributed by atoms with Crippen LogP contribution in [0.25, 0.3) is 28.1 Å². The van der Waals surface area contributed by atoms with Crippen LogP contribution >= 0.6 is 0 Å². The number of pyridine rings is 1. The number of aromatic nitrogens is 2. The van der Waals surface area contributed by atoms with Crippen molar-refractivity contribution < 1.29 is 4.79 Å². The van der Waals surface area contributed by atoms with E-state index >= 15 is 0 Å². The third-order valence-corrected chi connectivity index (χ3v) is 5.07. The van der Waals surface area contributed by atoms with Gasteiger partial charge in [-0.1, -0.05) is 36.9 Å². The Morgan fingerprint density at radius 2 is 2.00 bits per heavy atom. The van der Waals surface area contributed by atoms with Crippen LogP contribution in [-0.2, 0) is 0 Å². The Bertz CT molecular complexity index is 1270. The molecular formula is C25H22N4O. The normalized spacial score (nSPS) is 11.1. The first-order valence-electron chi connectivity index (χ1n) is 9.58. The van der Waals surface area contributed by atoms with Crippen molar-refractivity contribution in [3.63, 3.8) is 0 Å². The van der Waals surface area contributed by atoms with E-state index in [1.54, 1.807) is 18.5 Å². The number of amides is 1. The minimum Gasteiger partial charge on any atom is -0.366 e. The van der Waals surface area contributed by atoms with Crippen LogP contribution in [0.15, 0.2) is 85.5 Å². The summed E-state index contributed by atoms with van der Waals surface area (Å²) >= 11 is 0. The first kappa shape index (κ1) is 19.2. The summed E-state index contributed by atoms with van der Waals surface area (Å²) in [7, 11) is 0. The molecule has 0 radical (unpaired) electrons. The van der Waals surface area contributed by atoms with E-state index in [1.165, 1.54) is 0 Å². The van der Waals surface area contributed by atoms with Crippen LogP contribution in [0.2, 0.25) is 0 Å².